The number of hydrogen-bond donors (Lipinski definition) is 0. The molecule has 0 atom stereocenters. The van der Waals surface area contributed by atoms with Gasteiger partial charge in [-0.3, -0.25) is 0 Å². The molecule has 0 saturated heterocycles. The van der Waals surface area contributed by atoms with Crippen LogP contribution in [0.1, 0.15) is 62.2 Å². The lowest BCUT2D eigenvalue weighted by atomic mass is 10.0. The Labute approximate surface area is 108 Å². The van der Waals surface area contributed by atoms with Gasteiger partial charge in [-0.25, -0.2) is 4.98 Å². The van der Waals surface area contributed by atoms with E-state index in [1.807, 2.05) is 6.33 Å². The quantitative estimate of drug-likeness (QED) is 0.830. The zero-order valence-electron chi connectivity index (χ0n) is 11.8. The van der Waals surface area contributed by atoms with Gasteiger partial charge in [0.1, 0.15) is 12.0 Å². The largest absolute Gasteiger partial charge is 0.364 e. The van der Waals surface area contributed by atoms with E-state index in [-0.39, 0.29) is 0 Å². The molecule has 0 aromatic carbocycles. The molecule has 2 aromatic rings. The van der Waals surface area contributed by atoms with Gasteiger partial charge in [-0.15, -0.1) is 0 Å². The maximum atomic E-state index is 5.10. The Kier molecular flexibility index (Phi) is 3.55. The third kappa shape index (κ3) is 2.33. The van der Waals surface area contributed by atoms with Crippen LogP contribution in [0, 0.1) is 6.92 Å². The molecule has 0 fully saturated rings. The summed E-state index contributed by atoms with van der Waals surface area (Å²) in [6.07, 6.45) is 3.64. The van der Waals surface area contributed by atoms with E-state index in [1.165, 1.54) is 11.3 Å². The molecule has 98 valence electrons. The van der Waals surface area contributed by atoms with E-state index in [0.29, 0.717) is 11.8 Å². The van der Waals surface area contributed by atoms with Gasteiger partial charge in [-0.05, 0) is 18.8 Å². The average molecular weight is 247 g/mol. The van der Waals surface area contributed by atoms with Crippen molar-refractivity contribution < 1.29 is 4.52 Å². The topological polar surface area (TPSA) is 43.9 Å². The fraction of sp³-hybridized carbons (Fsp3) is 0.571. The molecule has 2 heterocycles. The van der Waals surface area contributed by atoms with Gasteiger partial charge in [-0.1, -0.05) is 32.9 Å². The van der Waals surface area contributed by atoms with Gasteiger partial charge in [0, 0.05) is 11.3 Å². The molecule has 4 nitrogen and oxygen atoms in total. The van der Waals surface area contributed by atoms with Gasteiger partial charge < -0.3 is 9.09 Å². The molecule has 0 unspecified atom stereocenters. The summed E-state index contributed by atoms with van der Waals surface area (Å²) in [5.74, 6) is 0.889. The zero-order valence-corrected chi connectivity index (χ0v) is 11.8. The summed E-state index contributed by atoms with van der Waals surface area (Å²) < 4.78 is 7.27. The molecule has 18 heavy (non-hydrogen) atoms. The Morgan fingerprint density at radius 3 is 2.56 bits per heavy atom. The van der Waals surface area contributed by atoms with Gasteiger partial charge in [0.2, 0.25) is 0 Å². The Morgan fingerprint density at radius 2 is 1.94 bits per heavy atom. The molecule has 0 aliphatic rings. The van der Waals surface area contributed by atoms with Crippen molar-refractivity contribution in [2.45, 2.75) is 53.0 Å². The van der Waals surface area contributed by atoms with Gasteiger partial charge in [0.15, 0.2) is 0 Å². The summed E-state index contributed by atoms with van der Waals surface area (Å²) in [6.45, 7) is 11.5. The van der Waals surface area contributed by atoms with Crippen molar-refractivity contribution in [2.75, 3.05) is 0 Å². The number of nitrogens with zero attached hydrogens (tertiary/aromatic N) is 3. The van der Waals surface area contributed by atoms with Crippen molar-refractivity contribution in [3.8, 4) is 0 Å². The lowest BCUT2D eigenvalue weighted by Crippen LogP contribution is -2.08. The first-order chi connectivity index (χ1) is 8.50. The van der Waals surface area contributed by atoms with Crippen LogP contribution in [0.4, 0.5) is 0 Å². The van der Waals surface area contributed by atoms with Crippen molar-refractivity contribution >= 4 is 0 Å². The van der Waals surface area contributed by atoms with Crippen LogP contribution in [0.5, 0.6) is 0 Å². The monoisotopic (exact) mass is 247 g/mol. The molecular weight excluding hydrogens is 226 g/mol. The summed E-state index contributed by atoms with van der Waals surface area (Å²) in [5.41, 5.74) is 4.55. The normalized spacial score (nSPS) is 11.7. The second-order valence-corrected chi connectivity index (χ2v) is 5.37. The fourth-order valence-electron chi connectivity index (χ4n) is 2.39. The highest BCUT2D eigenvalue weighted by molar-refractivity contribution is 5.22. The van der Waals surface area contributed by atoms with E-state index in [1.54, 1.807) is 6.26 Å². The second-order valence-electron chi connectivity index (χ2n) is 5.37. The molecule has 0 saturated carbocycles. The summed E-state index contributed by atoms with van der Waals surface area (Å²) in [4.78, 5) is 4.40. The highest BCUT2D eigenvalue weighted by Gasteiger charge is 2.16. The molecule has 0 aliphatic heterocycles. The van der Waals surface area contributed by atoms with E-state index in [9.17, 15) is 0 Å². The number of aromatic nitrogens is 3. The van der Waals surface area contributed by atoms with Crippen LogP contribution in [0.3, 0.4) is 0 Å². The number of aryl methyl sites for hydroxylation is 1. The van der Waals surface area contributed by atoms with E-state index < -0.39 is 0 Å². The molecule has 0 bridgehead atoms. The molecule has 0 N–H and O–H groups in total. The summed E-state index contributed by atoms with van der Waals surface area (Å²) in [7, 11) is 0. The van der Waals surface area contributed by atoms with Crippen molar-refractivity contribution in [1.29, 1.82) is 0 Å². The van der Waals surface area contributed by atoms with Crippen molar-refractivity contribution in [3.05, 3.63) is 35.2 Å². The SMILES string of the molecule is Cc1ncn(Cc2nocc2C(C)C)c1C(C)C. The highest BCUT2D eigenvalue weighted by Crippen LogP contribution is 2.23. The Morgan fingerprint density at radius 1 is 1.22 bits per heavy atom. The molecule has 2 aromatic heterocycles. The summed E-state index contributed by atoms with van der Waals surface area (Å²) in [5, 5.41) is 4.12. The molecule has 4 heteroatoms. The van der Waals surface area contributed by atoms with Crippen LogP contribution in [0.15, 0.2) is 17.1 Å². The molecule has 0 spiro atoms. The zero-order chi connectivity index (χ0) is 13.3. The van der Waals surface area contributed by atoms with Gasteiger partial charge >= 0.3 is 0 Å². The van der Waals surface area contributed by atoms with Gasteiger partial charge in [0.25, 0.3) is 0 Å². The Hall–Kier alpha value is -1.58. The highest BCUT2D eigenvalue weighted by atomic mass is 16.5. The fourth-order valence-corrected chi connectivity index (χ4v) is 2.39. The number of imidazole rings is 1. The van der Waals surface area contributed by atoms with Gasteiger partial charge in [-0.2, -0.15) is 0 Å². The molecule has 0 aliphatic carbocycles. The van der Waals surface area contributed by atoms with Crippen molar-refractivity contribution in [1.82, 2.24) is 14.7 Å². The smallest absolute Gasteiger partial charge is 0.127 e. The number of hydrogen-bond acceptors (Lipinski definition) is 3. The minimum absolute atomic E-state index is 0.429. The van der Waals surface area contributed by atoms with Crippen LogP contribution >= 0.6 is 0 Å². The maximum absolute atomic E-state index is 5.10. The molecular formula is C14H21N3O. The third-order valence-electron chi connectivity index (χ3n) is 3.24. The molecule has 0 radical (unpaired) electrons. The maximum Gasteiger partial charge on any atom is 0.127 e. The van der Waals surface area contributed by atoms with E-state index in [2.05, 4.69) is 49.3 Å². The predicted molar refractivity (Wildman–Crippen MR) is 70.7 cm³/mol. The first kappa shape index (κ1) is 12.9. The lowest BCUT2D eigenvalue weighted by molar-refractivity contribution is 0.408. The standard InChI is InChI=1S/C14H21N3O/c1-9(2)12-7-18-16-13(12)6-17-8-15-11(5)14(17)10(3)4/h7-10H,6H2,1-5H3. The van der Waals surface area contributed by atoms with Crippen LogP contribution in [0.25, 0.3) is 0 Å². The van der Waals surface area contributed by atoms with Crippen molar-refractivity contribution in [3.63, 3.8) is 0 Å². The second kappa shape index (κ2) is 4.96. The van der Waals surface area contributed by atoms with Crippen LogP contribution in [-0.4, -0.2) is 14.7 Å². The molecule has 0 amide bonds. The average Bonchev–Trinajstić information content (AvgIpc) is 2.86. The summed E-state index contributed by atoms with van der Waals surface area (Å²) >= 11 is 0. The number of rotatable bonds is 4. The summed E-state index contributed by atoms with van der Waals surface area (Å²) in [6, 6.07) is 0. The van der Waals surface area contributed by atoms with E-state index >= 15 is 0 Å². The third-order valence-corrected chi connectivity index (χ3v) is 3.24. The minimum Gasteiger partial charge on any atom is -0.364 e. The first-order valence-electron chi connectivity index (χ1n) is 6.45. The van der Waals surface area contributed by atoms with E-state index in [0.717, 1.165) is 17.9 Å². The minimum atomic E-state index is 0.429. The van der Waals surface area contributed by atoms with E-state index in [4.69, 9.17) is 4.52 Å². The lowest BCUT2D eigenvalue weighted by Gasteiger charge is -2.12. The Bertz CT molecular complexity index is 523. The van der Waals surface area contributed by atoms with Gasteiger partial charge in [0.05, 0.1) is 18.6 Å². The predicted octanol–water partition coefficient (Wildman–Crippen LogP) is 3.47. The first-order valence-corrected chi connectivity index (χ1v) is 6.45. The van der Waals surface area contributed by atoms with Crippen LogP contribution < -0.4 is 0 Å². The molecule has 2 rings (SSSR count). The van der Waals surface area contributed by atoms with Crippen molar-refractivity contribution in [2.24, 2.45) is 0 Å². The van der Waals surface area contributed by atoms with Crippen LogP contribution in [-0.2, 0) is 6.54 Å². The van der Waals surface area contributed by atoms with Crippen LogP contribution in [0.2, 0.25) is 0 Å². The Balaban J connectivity index is 2.32.